The van der Waals surface area contributed by atoms with Gasteiger partial charge >= 0.3 is 11.7 Å². The van der Waals surface area contributed by atoms with Crippen LogP contribution in [0.5, 0.6) is 0 Å². The van der Waals surface area contributed by atoms with Gasteiger partial charge in [0, 0.05) is 6.20 Å². The number of nitrogen functional groups attached to an aromatic ring is 1. The zero-order valence-corrected chi connectivity index (χ0v) is 19.4. The monoisotopic (exact) mass is 484 g/mol. The van der Waals surface area contributed by atoms with Crippen molar-refractivity contribution in [3.8, 4) is 0 Å². The van der Waals surface area contributed by atoms with Gasteiger partial charge in [0.05, 0.1) is 0 Å². The summed E-state index contributed by atoms with van der Waals surface area (Å²) in [7, 11) is -3.19. The third-order valence-electron chi connectivity index (χ3n) is 4.53. The Morgan fingerprint density at radius 1 is 1.41 bits per heavy atom. The van der Waals surface area contributed by atoms with E-state index in [0.29, 0.717) is 17.4 Å². The molecule has 184 valence electrons. The number of aliphatic hydroxyl groups excluding tert-OH is 1. The van der Waals surface area contributed by atoms with Crippen molar-refractivity contribution in [1.82, 2.24) is 14.6 Å². The van der Waals surface area contributed by atoms with Gasteiger partial charge in [-0.2, -0.15) is 4.98 Å². The number of nitrogens with one attached hydrogen (secondary N) is 1. The summed E-state index contributed by atoms with van der Waals surface area (Å²) in [6.07, 6.45) is -1.68. The first kappa shape index (κ1) is 28.1. The number of carbonyl (C=O) groups excluding carboxylic acids is 1. The Bertz CT molecular complexity index is 825. The highest BCUT2D eigenvalue weighted by molar-refractivity contribution is 7.36. The van der Waals surface area contributed by atoms with E-state index in [4.69, 9.17) is 19.7 Å². The van der Waals surface area contributed by atoms with Crippen LogP contribution in [-0.4, -0.2) is 58.0 Å². The largest absolute Gasteiger partial charge is 0.461 e. The quantitative estimate of drug-likeness (QED) is 0.261. The Kier molecular flexibility index (Phi) is 11.4. The number of esters is 1. The predicted molar refractivity (Wildman–Crippen MR) is 113 cm³/mol. The second kappa shape index (κ2) is 12.9. The Balaban J connectivity index is 2.79. The van der Waals surface area contributed by atoms with Crippen LogP contribution >= 0.6 is 8.18 Å². The second-order valence-electron chi connectivity index (χ2n) is 7.05. The van der Waals surface area contributed by atoms with Crippen molar-refractivity contribution in [2.45, 2.75) is 70.9 Å². The number of hydrogen-bond acceptors (Lipinski definition) is 9. The van der Waals surface area contributed by atoms with Gasteiger partial charge < -0.3 is 24.8 Å². The Morgan fingerprint density at radius 2 is 2.03 bits per heavy atom. The van der Waals surface area contributed by atoms with Crippen molar-refractivity contribution in [2.75, 3.05) is 19.0 Å². The number of nitrogens with zero attached hydrogens (tertiary/aromatic N) is 2. The van der Waals surface area contributed by atoms with Crippen LogP contribution < -0.4 is 16.5 Å². The second-order valence-corrected chi connectivity index (χ2v) is 8.20. The minimum atomic E-state index is -3.19. The first-order valence-electron chi connectivity index (χ1n) is 10.1. The van der Waals surface area contributed by atoms with Gasteiger partial charge in [0.2, 0.25) is 0 Å². The molecule has 0 aromatic carbocycles. The van der Waals surface area contributed by atoms with Gasteiger partial charge in [0.15, 0.2) is 6.23 Å². The lowest BCUT2D eigenvalue weighted by Crippen LogP contribution is -2.46. The first-order chi connectivity index (χ1) is 15.0. The van der Waals surface area contributed by atoms with Gasteiger partial charge in [-0.1, -0.05) is 13.8 Å². The fraction of sp³-hybridized carbons (Fsp3) is 0.722. The predicted octanol–water partition coefficient (Wildman–Crippen LogP) is 1.47. The van der Waals surface area contributed by atoms with E-state index < -0.39 is 57.3 Å². The van der Waals surface area contributed by atoms with E-state index in [1.807, 2.05) is 13.8 Å². The fourth-order valence-electron chi connectivity index (χ4n) is 2.45. The van der Waals surface area contributed by atoms with E-state index in [1.54, 1.807) is 0 Å². The topological polar surface area (TPSA) is 155 Å². The molecule has 1 unspecified atom stereocenters. The van der Waals surface area contributed by atoms with Crippen LogP contribution in [0, 0.1) is 0 Å². The molecule has 1 heterocycles. The normalized spacial score (nSPS) is 17.4. The van der Waals surface area contributed by atoms with E-state index >= 15 is 4.39 Å². The molecule has 0 aliphatic heterocycles. The SMILES string of the molecule is CCC(CC)OC(=O)[C@H](C)N[PH](=O)OC[C@@](F)(O[C@H](CF)n1ccc(N)nc1=O)[C@H](C)O. The van der Waals surface area contributed by atoms with E-state index in [2.05, 4.69) is 10.1 Å². The van der Waals surface area contributed by atoms with Gasteiger partial charge in [-0.15, -0.1) is 0 Å². The van der Waals surface area contributed by atoms with Crippen molar-refractivity contribution >= 4 is 20.0 Å². The van der Waals surface area contributed by atoms with Gasteiger partial charge in [-0.3, -0.25) is 13.9 Å². The zero-order valence-electron chi connectivity index (χ0n) is 18.4. The number of anilines is 1. The molecule has 0 bridgehead atoms. The van der Waals surface area contributed by atoms with Crippen LogP contribution in [0.15, 0.2) is 17.1 Å². The molecular formula is C18H31F2N4O7P. The molecule has 0 saturated carbocycles. The number of halogens is 2. The van der Waals surface area contributed by atoms with Crippen molar-refractivity contribution in [2.24, 2.45) is 0 Å². The van der Waals surface area contributed by atoms with E-state index in [9.17, 15) is 23.7 Å². The highest BCUT2D eigenvalue weighted by Crippen LogP contribution is 2.29. The molecule has 1 aromatic heterocycles. The summed E-state index contributed by atoms with van der Waals surface area (Å²) in [5.41, 5.74) is 4.37. The zero-order chi connectivity index (χ0) is 24.5. The highest BCUT2D eigenvalue weighted by atomic mass is 31.1. The molecular weight excluding hydrogens is 453 g/mol. The standard InChI is InChI=1S/C18H31F2N4O7P/c1-5-13(6-2)30-16(26)11(3)23-32(28)29-10-18(20,12(4)25)31-15(9-19)24-8-7-14(21)22-17(24)27/h7-8,11-13,15,25,32H,5-6,9-10H2,1-4H3,(H,23,28)(H2,21,22,27)/t11-,12-,15+,18+/m0/s1. The summed E-state index contributed by atoms with van der Waals surface area (Å²) >= 11 is 0. The maximum Gasteiger partial charge on any atom is 0.351 e. The maximum atomic E-state index is 15.2. The number of nitrogens with two attached hydrogens (primary N) is 1. The van der Waals surface area contributed by atoms with Crippen LogP contribution in [0.3, 0.4) is 0 Å². The smallest absolute Gasteiger partial charge is 0.351 e. The molecule has 1 rings (SSSR count). The van der Waals surface area contributed by atoms with Gasteiger partial charge in [-0.05, 0) is 32.8 Å². The molecule has 0 aliphatic carbocycles. The average molecular weight is 484 g/mol. The van der Waals surface area contributed by atoms with Crippen LogP contribution in [0.1, 0.15) is 46.8 Å². The summed E-state index contributed by atoms with van der Waals surface area (Å²) in [6.45, 7) is 3.66. The summed E-state index contributed by atoms with van der Waals surface area (Å²) in [6, 6.07) is 0.165. The Labute approximate surface area is 185 Å². The van der Waals surface area contributed by atoms with E-state index in [0.717, 1.165) is 13.1 Å². The van der Waals surface area contributed by atoms with Gasteiger partial charge in [-0.25, -0.2) is 18.7 Å². The fourth-order valence-corrected chi connectivity index (χ4v) is 3.33. The molecule has 11 nitrogen and oxygen atoms in total. The summed E-state index contributed by atoms with van der Waals surface area (Å²) < 4.78 is 56.6. The molecule has 4 N–H and O–H groups in total. The number of ether oxygens (including phenoxy) is 2. The molecule has 0 spiro atoms. The number of aromatic nitrogens is 2. The minimum absolute atomic E-state index is 0.129. The molecule has 0 aliphatic rings. The Morgan fingerprint density at radius 3 is 2.53 bits per heavy atom. The van der Waals surface area contributed by atoms with Crippen molar-refractivity contribution in [3.63, 3.8) is 0 Å². The minimum Gasteiger partial charge on any atom is -0.461 e. The third-order valence-corrected chi connectivity index (χ3v) is 5.61. The lowest BCUT2D eigenvalue weighted by Gasteiger charge is -2.31. The number of carbonyl (C=O) groups is 1. The van der Waals surface area contributed by atoms with Gasteiger partial charge in [0.25, 0.3) is 14.0 Å². The summed E-state index contributed by atoms with van der Waals surface area (Å²) in [5, 5.41) is 12.2. The number of aliphatic hydroxyl groups is 1. The van der Waals surface area contributed by atoms with Crippen molar-refractivity contribution in [1.29, 1.82) is 0 Å². The average Bonchev–Trinajstić information content (AvgIpc) is 2.74. The number of hydrogen-bond donors (Lipinski definition) is 3. The third kappa shape index (κ3) is 8.21. The molecule has 14 heteroatoms. The lowest BCUT2D eigenvalue weighted by atomic mass is 10.2. The van der Waals surface area contributed by atoms with Crippen LogP contribution in [0.2, 0.25) is 0 Å². The van der Waals surface area contributed by atoms with E-state index in [1.165, 1.54) is 13.0 Å². The number of alkyl halides is 2. The molecule has 0 fully saturated rings. The maximum absolute atomic E-state index is 15.2. The van der Waals surface area contributed by atoms with Crippen LogP contribution in [0.4, 0.5) is 14.6 Å². The van der Waals surface area contributed by atoms with E-state index in [-0.39, 0.29) is 11.9 Å². The number of rotatable bonds is 14. The summed E-state index contributed by atoms with van der Waals surface area (Å²) in [4.78, 5) is 27.3. The molecule has 32 heavy (non-hydrogen) atoms. The lowest BCUT2D eigenvalue weighted by molar-refractivity contribution is -0.260. The molecule has 0 radical (unpaired) electrons. The van der Waals surface area contributed by atoms with Gasteiger partial charge in [0.1, 0.15) is 37.3 Å². The molecule has 1 aromatic rings. The molecule has 5 atom stereocenters. The van der Waals surface area contributed by atoms with Crippen LogP contribution in [0.25, 0.3) is 0 Å². The van der Waals surface area contributed by atoms with Crippen molar-refractivity contribution in [3.05, 3.63) is 22.7 Å². The summed E-state index contributed by atoms with van der Waals surface area (Å²) in [5.74, 6) is -3.83. The van der Waals surface area contributed by atoms with Crippen molar-refractivity contribution < 1.29 is 37.2 Å². The molecule has 0 amide bonds. The molecule has 0 saturated heterocycles. The van der Waals surface area contributed by atoms with Crippen LogP contribution in [-0.2, 0) is 23.4 Å². The first-order valence-corrected chi connectivity index (χ1v) is 11.4. The Hall–Kier alpha value is -1.92. The highest BCUT2D eigenvalue weighted by Gasteiger charge is 2.41.